The van der Waals surface area contributed by atoms with Crippen LogP contribution in [0.25, 0.3) is 0 Å². The average Bonchev–Trinajstić information content (AvgIpc) is 2.79. The van der Waals surface area contributed by atoms with Gasteiger partial charge < -0.3 is 10.1 Å². The maximum Gasteiger partial charge on any atom is 0.150 e. The largest absolute Gasteiger partial charge is 0.381 e. The number of rotatable bonds is 5. The Bertz CT molecular complexity index is 385. The monoisotopic (exact) mass is 275 g/mol. The fraction of sp³-hybridized carbons (Fsp3) is 0.538. The second kappa shape index (κ2) is 6.34. The number of hydrogen-bond acceptors (Lipinski definition) is 2. The van der Waals surface area contributed by atoms with E-state index in [9.17, 15) is 8.78 Å². The molecule has 1 unspecified atom stereocenters. The molecule has 5 heteroatoms. The molecule has 1 aliphatic rings. The van der Waals surface area contributed by atoms with Gasteiger partial charge in [-0.25, -0.2) is 8.78 Å². The summed E-state index contributed by atoms with van der Waals surface area (Å²) in [6.45, 7) is 1.44. The Morgan fingerprint density at radius 1 is 1.39 bits per heavy atom. The Morgan fingerprint density at radius 3 is 2.89 bits per heavy atom. The highest BCUT2D eigenvalue weighted by Gasteiger charge is 2.15. The first-order chi connectivity index (χ1) is 8.66. The first-order valence-corrected chi connectivity index (χ1v) is 6.54. The molecule has 2 rings (SSSR count). The molecule has 18 heavy (non-hydrogen) atoms. The van der Waals surface area contributed by atoms with Gasteiger partial charge in [0.2, 0.25) is 0 Å². The van der Waals surface area contributed by atoms with Crippen molar-refractivity contribution in [1.29, 1.82) is 0 Å². The third kappa shape index (κ3) is 3.56. The van der Waals surface area contributed by atoms with Crippen molar-refractivity contribution in [2.45, 2.75) is 31.8 Å². The van der Waals surface area contributed by atoms with E-state index in [1.54, 1.807) is 0 Å². The fourth-order valence-electron chi connectivity index (χ4n) is 2.13. The van der Waals surface area contributed by atoms with E-state index in [0.29, 0.717) is 12.6 Å². The molecule has 1 N–H and O–H groups in total. The number of nitrogens with one attached hydrogen (secondary N) is 1. The first kappa shape index (κ1) is 13.6. The summed E-state index contributed by atoms with van der Waals surface area (Å²) in [5.41, 5.74) is 0.172. The van der Waals surface area contributed by atoms with Crippen LogP contribution in [0.5, 0.6) is 0 Å². The molecular formula is C13H16ClF2NO. The lowest BCUT2D eigenvalue weighted by atomic mass is 10.1. The lowest BCUT2D eigenvalue weighted by Crippen LogP contribution is -2.10. The van der Waals surface area contributed by atoms with Crippen LogP contribution in [0.1, 0.15) is 25.7 Å². The van der Waals surface area contributed by atoms with Crippen molar-refractivity contribution < 1.29 is 13.5 Å². The molecule has 2 nitrogen and oxygen atoms in total. The number of anilines is 1. The molecule has 1 saturated heterocycles. The quantitative estimate of drug-likeness (QED) is 0.821. The molecule has 0 spiro atoms. The molecule has 1 fully saturated rings. The average molecular weight is 276 g/mol. The molecule has 1 aliphatic heterocycles. The van der Waals surface area contributed by atoms with Crippen LogP contribution in [0.4, 0.5) is 14.5 Å². The zero-order valence-corrected chi connectivity index (χ0v) is 10.8. The predicted octanol–water partition coefficient (Wildman–Crippen LogP) is 3.99. The number of benzene rings is 1. The van der Waals surface area contributed by atoms with Gasteiger partial charge in [-0.2, -0.15) is 0 Å². The summed E-state index contributed by atoms with van der Waals surface area (Å²) in [6, 6.07) is 1.93. The van der Waals surface area contributed by atoms with Crippen LogP contribution in [-0.4, -0.2) is 19.3 Å². The highest BCUT2D eigenvalue weighted by atomic mass is 35.5. The van der Waals surface area contributed by atoms with Crippen molar-refractivity contribution in [3.05, 3.63) is 28.8 Å². The molecule has 1 aromatic carbocycles. The normalized spacial score (nSPS) is 19.2. The molecular weight excluding hydrogens is 260 g/mol. The van der Waals surface area contributed by atoms with Gasteiger partial charge in [0, 0.05) is 19.2 Å². The Hall–Kier alpha value is -0.870. The van der Waals surface area contributed by atoms with Crippen LogP contribution < -0.4 is 5.32 Å². The van der Waals surface area contributed by atoms with Crippen molar-refractivity contribution in [3.8, 4) is 0 Å². The van der Waals surface area contributed by atoms with Gasteiger partial charge in [0.1, 0.15) is 5.82 Å². The topological polar surface area (TPSA) is 21.3 Å². The zero-order chi connectivity index (χ0) is 13.0. The van der Waals surface area contributed by atoms with E-state index >= 15 is 0 Å². The third-order valence-corrected chi connectivity index (χ3v) is 3.33. The van der Waals surface area contributed by atoms with Crippen LogP contribution in [-0.2, 0) is 4.74 Å². The van der Waals surface area contributed by atoms with Gasteiger partial charge in [0.25, 0.3) is 0 Å². The second-order valence-corrected chi connectivity index (χ2v) is 4.86. The molecule has 0 aliphatic carbocycles. The third-order valence-electron chi connectivity index (χ3n) is 3.04. The van der Waals surface area contributed by atoms with Gasteiger partial charge in [0.15, 0.2) is 5.82 Å². The van der Waals surface area contributed by atoms with Crippen molar-refractivity contribution in [3.63, 3.8) is 0 Å². The van der Waals surface area contributed by atoms with E-state index in [1.165, 1.54) is 0 Å². The number of halogens is 3. The van der Waals surface area contributed by atoms with Gasteiger partial charge in [0.05, 0.1) is 16.8 Å². The highest BCUT2D eigenvalue weighted by Crippen LogP contribution is 2.26. The lowest BCUT2D eigenvalue weighted by molar-refractivity contribution is 0.103. The summed E-state index contributed by atoms with van der Waals surface area (Å²) < 4.78 is 31.8. The Kier molecular flexibility index (Phi) is 4.78. The number of ether oxygens (including phenoxy) is 1. The fourth-order valence-corrected chi connectivity index (χ4v) is 2.39. The van der Waals surface area contributed by atoms with E-state index < -0.39 is 11.6 Å². The molecule has 0 amide bonds. The maximum atomic E-state index is 13.4. The van der Waals surface area contributed by atoms with Crippen LogP contribution in [0.3, 0.4) is 0 Å². The van der Waals surface area contributed by atoms with E-state index in [0.717, 1.165) is 44.4 Å². The minimum atomic E-state index is -0.664. The summed E-state index contributed by atoms with van der Waals surface area (Å²) >= 11 is 5.77. The van der Waals surface area contributed by atoms with Gasteiger partial charge in [-0.15, -0.1) is 0 Å². The second-order valence-electron chi connectivity index (χ2n) is 4.45. The Balaban J connectivity index is 1.79. The van der Waals surface area contributed by atoms with Crippen LogP contribution >= 0.6 is 11.6 Å². The van der Waals surface area contributed by atoms with Crippen LogP contribution in [0.2, 0.25) is 5.02 Å². The predicted molar refractivity (Wildman–Crippen MR) is 68.1 cm³/mol. The van der Waals surface area contributed by atoms with Crippen molar-refractivity contribution >= 4 is 17.3 Å². The lowest BCUT2D eigenvalue weighted by Gasteiger charge is -2.12. The minimum absolute atomic E-state index is 0.0737. The zero-order valence-electron chi connectivity index (χ0n) is 10.0. The molecule has 1 heterocycles. The van der Waals surface area contributed by atoms with E-state index in [1.807, 2.05) is 0 Å². The Morgan fingerprint density at radius 2 is 2.22 bits per heavy atom. The maximum absolute atomic E-state index is 13.4. The van der Waals surface area contributed by atoms with Gasteiger partial charge >= 0.3 is 0 Å². The summed E-state index contributed by atoms with van der Waals surface area (Å²) in [7, 11) is 0. The summed E-state index contributed by atoms with van der Waals surface area (Å²) in [6.07, 6.45) is 4.38. The molecule has 100 valence electrons. The number of hydrogen-bond donors (Lipinski definition) is 1. The smallest absolute Gasteiger partial charge is 0.150 e. The minimum Gasteiger partial charge on any atom is -0.381 e. The van der Waals surface area contributed by atoms with Gasteiger partial charge in [-0.05, 0) is 31.7 Å². The first-order valence-electron chi connectivity index (χ1n) is 6.17. The molecule has 1 atom stereocenters. The van der Waals surface area contributed by atoms with Crippen molar-refractivity contribution in [2.24, 2.45) is 0 Å². The summed E-state index contributed by atoms with van der Waals surface area (Å²) in [5, 5.41) is 2.98. The summed E-state index contributed by atoms with van der Waals surface area (Å²) in [5.74, 6) is -1.32. The molecule has 0 saturated carbocycles. The van der Waals surface area contributed by atoms with Gasteiger partial charge in [-0.1, -0.05) is 11.6 Å². The van der Waals surface area contributed by atoms with Gasteiger partial charge in [-0.3, -0.25) is 0 Å². The molecule has 1 aromatic rings. The molecule has 0 bridgehead atoms. The van der Waals surface area contributed by atoms with E-state index in [2.05, 4.69) is 5.32 Å². The molecule has 0 aromatic heterocycles. The van der Waals surface area contributed by atoms with Crippen LogP contribution in [0.15, 0.2) is 12.1 Å². The SMILES string of the molecule is Fc1cc(F)c(NCCCC2CCCO2)c(Cl)c1. The van der Waals surface area contributed by atoms with E-state index in [-0.39, 0.29) is 10.7 Å². The van der Waals surface area contributed by atoms with Crippen molar-refractivity contribution in [1.82, 2.24) is 0 Å². The standard InChI is InChI=1S/C13H16ClF2NO/c14-11-7-9(15)8-12(16)13(11)17-5-1-3-10-4-2-6-18-10/h7-8,10,17H,1-6H2. The van der Waals surface area contributed by atoms with E-state index in [4.69, 9.17) is 16.3 Å². The molecule has 0 radical (unpaired) electrons. The van der Waals surface area contributed by atoms with Crippen LogP contribution in [0, 0.1) is 11.6 Å². The summed E-state index contributed by atoms with van der Waals surface area (Å²) in [4.78, 5) is 0. The Labute approximate surface area is 110 Å². The van der Waals surface area contributed by atoms with Crippen molar-refractivity contribution in [2.75, 3.05) is 18.5 Å². The highest BCUT2D eigenvalue weighted by molar-refractivity contribution is 6.33.